The predicted octanol–water partition coefficient (Wildman–Crippen LogP) is 3.79. The van der Waals surface area contributed by atoms with Crippen LogP contribution in [0.4, 0.5) is 5.69 Å². The van der Waals surface area contributed by atoms with Crippen LogP contribution in [-0.4, -0.2) is 31.7 Å². The number of para-hydroxylation sites is 1. The van der Waals surface area contributed by atoms with E-state index in [4.69, 9.17) is 9.47 Å². The zero-order valence-electron chi connectivity index (χ0n) is 14.5. The van der Waals surface area contributed by atoms with E-state index in [2.05, 4.69) is 5.32 Å². The third-order valence-electron chi connectivity index (χ3n) is 4.51. The van der Waals surface area contributed by atoms with E-state index < -0.39 is 0 Å². The molecule has 0 amide bonds. The average molecular weight is 333 g/mol. The summed E-state index contributed by atoms with van der Waals surface area (Å²) in [7, 11) is 1.36. The van der Waals surface area contributed by atoms with Crippen LogP contribution in [0, 0.1) is 5.92 Å². The van der Waals surface area contributed by atoms with Crippen LogP contribution in [0.1, 0.15) is 55.8 Å². The number of rotatable bonds is 7. The van der Waals surface area contributed by atoms with Crippen LogP contribution in [0.5, 0.6) is 0 Å². The Hall–Kier alpha value is -2.04. The van der Waals surface area contributed by atoms with Crippen LogP contribution in [-0.2, 0) is 14.3 Å². The highest BCUT2D eigenvalue weighted by Crippen LogP contribution is 2.28. The molecule has 24 heavy (non-hydrogen) atoms. The first kappa shape index (κ1) is 18.3. The van der Waals surface area contributed by atoms with Gasteiger partial charge in [0.2, 0.25) is 0 Å². The van der Waals surface area contributed by atoms with Gasteiger partial charge >= 0.3 is 11.9 Å². The van der Waals surface area contributed by atoms with Crippen molar-refractivity contribution in [3.8, 4) is 0 Å². The van der Waals surface area contributed by atoms with Gasteiger partial charge in [-0.15, -0.1) is 0 Å². The molecule has 5 nitrogen and oxygen atoms in total. The highest BCUT2D eigenvalue weighted by molar-refractivity contribution is 5.95. The van der Waals surface area contributed by atoms with Gasteiger partial charge in [0.05, 0.1) is 19.2 Å². The van der Waals surface area contributed by atoms with Gasteiger partial charge in [-0.1, -0.05) is 44.2 Å². The molecule has 1 aromatic carbocycles. The predicted molar refractivity (Wildman–Crippen MR) is 93.0 cm³/mol. The maximum Gasteiger partial charge on any atom is 0.339 e. The van der Waals surface area contributed by atoms with Gasteiger partial charge in [-0.2, -0.15) is 0 Å². The second kappa shape index (κ2) is 9.30. The largest absolute Gasteiger partial charge is 0.465 e. The Morgan fingerprint density at radius 3 is 2.58 bits per heavy atom. The summed E-state index contributed by atoms with van der Waals surface area (Å²) in [6.07, 6.45) is 6.92. The summed E-state index contributed by atoms with van der Waals surface area (Å²) in [6.45, 7) is 1.93. The van der Waals surface area contributed by atoms with Gasteiger partial charge in [-0.3, -0.25) is 4.79 Å². The van der Waals surface area contributed by atoms with Crippen LogP contribution >= 0.6 is 0 Å². The Bertz CT molecular complexity index is 552. The molecule has 1 unspecified atom stereocenters. The molecule has 0 aliphatic heterocycles. The van der Waals surface area contributed by atoms with Crippen molar-refractivity contribution in [2.45, 2.75) is 51.6 Å². The van der Waals surface area contributed by atoms with Gasteiger partial charge in [0.25, 0.3) is 0 Å². The zero-order valence-corrected chi connectivity index (χ0v) is 14.5. The van der Waals surface area contributed by atoms with Crippen LogP contribution in [0.15, 0.2) is 24.3 Å². The monoisotopic (exact) mass is 333 g/mol. The Balaban J connectivity index is 1.99. The highest BCUT2D eigenvalue weighted by atomic mass is 16.5. The molecule has 1 atom stereocenters. The zero-order chi connectivity index (χ0) is 17.4. The molecule has 1 N–H and O–H groups in total. The fourth-order valence-electron chi connectivity index (χ4n) is 3.35. The fourth-order valence-corrected chi connectivity index (χ4v) is 3.35. The summed E-state index contributed by atoms with van der Waals surface area (Å²) >= 11 is 0. The maximum atomic E-state index is 11.8. The molecule has 2 rings (SSSR count). The Labute approximate surface area is 143 Å². The lowest BCUT2D eigenvalue weighted by Crippen LogP contribution is -2.29. The minimum Gasteiger partial charge on any atom is -0.465 e. The standard InChI is InChI=1S/C19H27NO4/c1-14(21)24-16(12-15-8-4-3-5-9-15)13-20-18-11-7-6-10-17(18)19(22)23-2/h6-7,10-11,15-16,20H,3-5,8-9,12-13H2,1-2H3. The molecule has 1 aromatic rings. The second-order valence-corrected chi connectivity index (χ2v) is 6.39. The van der Waals surface area contributed by atoms with E-state index in [-0.39, 0.29) is 18.0 Å². The minimum absolute atomic E-state index is 0.184. The summed E-state index contributed by atoms with van der Waals surface area (Å²) < 4.78 is 10.3. The van der Waals surface area contributed by atoms with Crippen LogP contribution in [0.3, 0.4) is 0 Å². The van der Waals surface area contributed by atoms with Crippen molar-refractivity contribution in [2.24, 2.45) is 5.92 Å². The van der Waals surface area contributed by atoms with Gasteiger partial charge in [0.15, 0.2) is 0 Å². The first-order chi connectivity index (χ1) is 11.6. The van der Waals surface area contributed by atoms with E-state index in [0.717, 1.165) is 6.42 Å². The molecule has 1 aliphatic rings. The molecular weight excluding hydrogens is 306 g/mol. The maximum absolute atomic E-state index is 11.8. The fraction of sp³-hybridized carbons (Fsp3) is 0.579. The van der Waals surface area contributed by atoms with Crippen LogP contribution < -0.4 is 5.32 Å². The van der Waals surface area contributed by atoms with Gasteiger partial charge in [0.1, 0.15) is 6.10 Å². The number of hydrogen-bond donors (Lipinski definition) is 1. The molecule has 5 heteroatoms. The van der Waals surface area contributed by atoms with Crippen molar-refractivity contribution in [1.82, 2.24) is 0 Å². The number of nitrogens with one attached hydrogen (secondary N) is 1. The van der Waals surface area contributed by atoms with Crippen molar-refractivity contribution >= 4 is 17.6 Å². The SMILES string of the molecule is COC(=O)c1ccccc1NCC(CC1CCCCC1)OC(C)=O. The smallest absolute Gasteiger partial charge is 0.339 e. The third kappa shape index (κ3) is 5.55. The molecule has 1 fully saturated rings. The number of hydrogen-bond acceptors (Lipinski definition) is 5. The molecule has 0 heterocycles. The van der Waals surface area contributed by atoms with E-state index in [9.17, 15) is 9.59 Å². The quantitative estimate of drug-likeness (QED) is 0.769. The average Bonchev–Trinajstić information content (AvgIpc) is 2.59. The van der Waals surface area contributed by atoms with E-state index in [0.29, 0.717) is 23.7 Å². The van der Waals surface area contributed by atoms with E-state index in [1.807, 2.05) is 12.1 Å². The van der Waals surface area contributed by atoms with Gasteiger partial charge in [-0.05, 0) is 24.5 Å². The van der Waals surface area contributed by atoms with E-state index >= 15 is 0 Å². The molecular formula is C19H27NO4. The number of benzene rings is 1. The van der Waals surface area contributed by atoms with E-state index in [1.54, 1.807) is 12.1 Å². The number of methoxy groups -OCH3 is 1. The molecule has 1 aliphatic carbocycles. The number of ether oxygens (including phenoxy) is 2. The van der Waals surface area contributed by atoms with Crippen molar-refractivity contribution in [3.05, 3.63) is 29.8 Å². The Morgan fingerprint density at radius 1 is 1.21 bits per heavy atom. The van der Waals surface area contributed by atoms with Gasteiger partial charge in [-0.25, -0.2) is 4.79 Å². The topological polar surface area (TPSA) is 64.6 Å². The highest BCUT2D eigenvalue weighted by Gasteiger charge is 2.21. The summed E-state index contributed by atoms with van der Waals surface area (Å²) in [4.78, 5) is 23.2. The molecule has 0 radical (unpaired) electrons. The van der Waals surface area contributed by atoms with Crippen molar-refractivity contribution in [3.63, 3.8) is 0 Å². The minimum atomic E-state index is -0.380. The van der Waals surface area contributed by atoms with E-state index in [1.165, 1.54) is 46.1 Å². The van der Waals surface area contributed by atoms with Crippen molar-refractivity contribution < 1.29 is 19.1 Å². The summed E-state index contributed by atoms with van der Waals surface area (Å²) in [5, 5.41) is 3.25. The lowest BCUT2D eigenvalue weighted by Gasteiger charge is -2.26. The van der Waals surface area contributed by atoms with Crippen LogP contribution in [0.25, 0.3) is 0 Å². The Kier molecular flexibility index (Phi) is 7.09. The van der Waals surface area contributed by atoms with Gasteiger partial charge in [0, 0.05) is 12.6 Å². The first-order valence-electron chi connectivity index (χ1n) is 8.68. The molecule has 0 aromatic heterocycles. The number of anilines is 1. The summed E-state index contributed by atoms with van der Waals surface area (Å²) in [6, 6.07) is 7.20. The molecule has 0 spiro atoms. The number of carbonyl (C=O) groups excluding carboxylic acids is 2. The second-order valence-electron chi connectivity index (χ2n) is 6.39. The van der Waals surface area contributed by atoms with Gasteiger partial charge < -0.3 is 14.8 Å². The van der Waals surface area contributed by atoms with Crippen LogP contribution in [0.2, 0.25) is 0 Å². The summed E-state index contributed by atoms with van der Waals surface area (Å²) in [5.74, 6) is -0.0333. The molecule has 0 saturated heterocycles. The van der Waals surface area contributed by atoms with Crippen molar-refractivity contribution in [1.29, 1.82) is 0 Å². The van der Waals surface area contributed by atoms with Crippen molar-refractivity contribution in [2.75, 3.05) is 19.0 Å². The molecule has 132 valence electrons. The molecule has 0 bridgehead atoms. The Morgan fingerprint density at radius 2 is 1.92 bits per heavy atom. The lowest BCUT2D eigenvalue weighted by molar-refractivity contribution is -0.146. The third-order valence-corrected chi connectivity index (χ3v) is 4.51. The number of carbonyl (C=O) groups is 2. The molecule has 1 saturated carbocycles. The number of esters is 2. The summed E-state index contributed by atoms with van der Waals surface area (Å²) in [5.41, 5.74) is 1.18. The normalized spacial score (nSPS) is 16.2. The first-order valence-corrected chi connectivity index (χ1v) is 8.68. The lowest BCUT2D eigenvalue weighted by atomic mass is 9.85.